The minimum absolute atomic E-state index is 0.483. The van der Waals surface area contributed by atoms with Gasteiger partial charge in [0.05, 0.1) is 6.04 Å². The fourth-order valence-corrected chi connectivity index (χ4v) is 3.45. The molecule has 0 aromatic carbocycles. The number of rotatable bonds is 2. The quantitative estimate of drug-likeness (QED) is 0.613. The summed E-state index contributed by atoms with van der Waals surface area (Å²) in [6.45, 7) is 4.76. The first-order valence-corrected chi connectivity index (χ1v) is 8.04. The van der Waals surface area contributed by atoms with Crippen molar-refractivity contribution in [1.82, 2.24) is 4.90 Å². The monoisotopic (exact) mass is 265 g/mol. The zero-order valence-corrected chi connectivity index (χ0v) is 13.0. The van der Waals surface area contributed by atoms with Gasteiger partial charge < -0.3 is 10.6 Å². The highest BCUT2D eigenvalue weighted by atomic mass is 15.3. The van der Waals surface area contributed by atoms with Crippen molar-refractivity contribution in [2.75, 3.05) is 7.05 Å². The molecule has 2 fully saturated rings. The normalized spacial score (nSPS) is 26.4. The van der Waals surface area contributed by atoms with Crippen LogP contribution in [0.25, 0.3) is 0 Å². The van der Waals surface area contributed by atoms with Crippen LogP contribution in [0.4, 0.5) is 0 Å². The molecule has 0 heterocycles. The maximum atomic E-state index is 6.22. The molecule has 2 aliphatic carbocycles. The predicted molar refractivity (Wildman–Crippen MR) is 82.3 cm³/mol. The van der Waals surface area contributed by atoms with E-state index in [1.54, 1.807) is 0 Å². The first-order chi connectivity index (χ1) is 8.98. The number of hydrogen-bond donors (Lipinski definition) is 1. The Bertz CT molecular complexity index is 306. The Morgan fingerprint density at radius 3 is 2.21 bits per heavy atom. The maximum Gasteiger partial charge on any atom is 0.191 e. The molecular formula is C16H31N3. The first kappa shape index (κ1) is 14.7. The van der Waals surface area contributed by atoms with Gasteiger partial charge in [-0.1, -0.05) is 33.1 Å². The van der Waals surface area contributed by atoms with E-state index in [1.807, 2.05) is 0 Å². The standard InChI is InChI=1S/C16H31N3/c1-16(2)11-9-14(10-12-16)19(3)15(17)18-13-7-5-4-6-8-13/h13-14H,4-12H2,1-3H3,(H2,17,18). The second-order valence-corrected chi connectivity index (χ2v) is 7.29. The highest BCUT2D eigenvalue weighted by molar-refractivity contribution is 5.78. The van der Waals surface area contributed by atoms with Gasteiger partial charge in [-0.05, 0) is 43.9 Å². The lowest BCUT2D eigenvalue weighted by Crippen LogP contribution is -2.45. The molecule has 110 valence electrons. The predicted octanol–water partition coefficient (Wildman–Crippen LogP) is 3.53. The molecular weight excluding hydrogens is 234 g/mol. The Labute approximate surface area is 118 Å². The first-order valence-electron chi connectivity index (χ1n) is 8.04. The second-order valence-electron chi connectivity index (χ2n) is 7.29. The smallest absolute Gasteiger partial charge is 0.191 e. The van der Waals surface area contributed by atoms with E-state index in [0.717, 1.165) is 5.96 Å². The van der Waals surface area contributed by atoms with Crippen LogP contribution in [0.15, 0.2) is 4.99 Å². The molecule has 0 spiro atoms. The van der Waals surface area contributed by atoms with Gasteiger partial charge >= 0.3 is 0 Å². The molecule has 3 heteroatoms. The van der Waals surface area contributed by atoms with Crippen LogP contribution in [-0.4, -0.2) is 30.0 Å². The molecule has 0 aromatic heterocycles. The summed E-state index contributed by atoms with van der Waals surface area (Å²) < 4.78 is 0. The Balaban J connectivity index is 1.88. The van der Waals surface area contributed by atoms with Gasteiger partial charge in [-0.15, -0.1) is 0 Å². The summed E-state index contributed by atoms with van der Waals surface area (Å²) in [7, 11) is 2.13. The second kappa shape index (κ2) is 6.15. The summed E-state index contributed by atoms with van der Waals surface area (Å²) in [4.78, 5) is 7.01. The van der Waals surface area contributed by atoms with E-state index in [2.05, 4.69) is 25.8 Å². The molecule has 0 atom stereocenters. The van der Waals surface area contributed by atoms with Crippen molar-refractivity contribution in [3.8, 4) is 0 Å². The summed E-state index contributed by atoms with van der Waals surface area (Å²) in [6.07, 6.45) is 11.6. The average Bonchev–Trinajstić information content (AvgIpc) is 2.39. The van der Waals surface area contributed by atoms with Gasteiger partial charge in [0.2, 0.25) is 0 Å². The zero-order chi connectivity index (χ0) is 13.9. The lowest BCUT2D eigenvalue weighted by molar-refractivity contribution is 0.168. The molecule has 19 heavy (non-hydrogen) atoms. The summed E-state index contributed by atoms with van der Waals surface area (Å²) in [6, 6.07) is 1.08. The Morgan fingerprint density at radius 2 is 1.63 bits per heavy atom. The van der Waals surface area contributed by atoms with Crippen LogP contribution < -0.4 is 5.73 Å². The lowest BCUT2D eigenvalue weighted by atomic mass is 9.75. The SMILES string of the molecule is CN(C(N)=NC1CCCCC1)C1CCC(C)(C)CC1. The Morgan fingerprint density at radius 1 is 1.05 bits per heavy atom. The number of guanidine groups is 1. The minimum Gasteiger partial charge on any atom is -0.370 e. The van der Waals surface area contributed by atoms with Gasteiger partial charge in [0, 0.05) is 13.1 Å². The molecule has 3 nitrogen and oxygen atoms in total. The molecule has 2 rings (SSSR count). The third-order valence-corrected chi connectivity index (χ3v) is 5.11. The van der Waals surface area contributed by atoms with Gasteiger partial charge in [0.15, 0.2) is 5.96 Å². The highest BCUT2D eigenvalue weighted by Crippen LogP contribution is 2.36. The molecule has 2 N–H and O–H groups in total. The van der Waals surface area contributed by atoms with Crippen molar-refractivity contribution in [3.63, 3.8) is 0 Å². The van der Waals surface area contributed by atoms with Crippen LogP contribution in [0.5, 0.6) is 0 Å². The Kier molecular flexibility index (Phi) is 4.75. The van der Waals surface area contributed by atoms with Gasteiger partial charge in [0.25, 0.3) is 0 Å². The van der Waals surface area contributed by atoms with Gasteiger partial charge in [-0.3, -0.25) is 0 Å². The fourth-order valence-electron chi connectivity index (χ4n) is 3.45. The molecule has 0 unspecified atom stereocenters. The van der Waals surface area contributed by atoms with E-state index in [0.29, 0.717) is 17.5 Å². The van der Waals surface area contributed by atoms with E-state index in [4.69, 9.17) is 10.7 Å². The molecule has 0 saturated heterocycles. The summed E-state index contributed by atoms with van der Waals surface area (Å²) in [5.74, 6) is 0.775. The van der Waals surface area contributed by atoms with Crippen LogP contribution in [0.2, 0.25) is 0 Å². The largest absolute Gasteiger partial charge is 0.370 e. The van der Waals surface area contributed by atoms with E-state index >= 15 is 0 Å². The fraction of sp³-hybridized carbons (Fsp3) is 0.938. The topological polar surface area (TPSA) is 41.6 Å². The zero-order valence-electron chi connectivity index (χ0n) is 13.0. The van der Waals surface area contributed by atoms with Crippen molar-refractivity contribution in [1.29, 1.82) is 0 Å². The lowest BCUT2D eigenvalue weighted by Gasteiger charge is -2.39. The van der Waals surface area contributed by atoms with E-state index in [1.165, 1.54) is 57.8 Å². The van der Waals surface area contributed by atoms with Gasteiger partial charge in [-0.25, -0.2) is 4.99 Å². The van der Waals surface area contributed by atoms with Gasteiger partial charge in [-0.2, -0.15) is 0 Å². The molecule has 0 aliphatic heterocycles. The Hall–Kier alpha value is -0.730. The molecule has 0 aromatic rings. The molecule has 0 amide bonds. The third kappa shape index (κ3) is 4.12. The van der Waals surface area contributed by atoms with Crippen molar-refractivity contribution >= 4 is 5.96 Å². The number of aliphatic imine (C=N–C) groups is 1. The minimum atomic E-state index is 0.483. The van der Waals surface area contributed by atoms with Crippen LogP contribution in [0, 0.1) is 5.41 Å². The third-order valence-electron chi connectivity index (χ3n) is 5.11. The number of hydrogen-bond acceptors (Lipinski definition) is 1. The highest BCUT2D eigenvalue weighted by Gasteiger charge is 2.29. The molecule has 2 saturated carbocycles. The van der Waals surface area contributed by atoms with E-state index < -0.39 is 0 Å². The molecule has 0 radical (unpaired) electrons. The molecule has 2 aliphatic rings. The van der Waals surface area contributed by atoms with E-state index in [9.17, 15) is 0 Å². The average molecular weight is 265 g/mol. The summed E-state index contributed by atoms with van der Waals surface area (Å²) in [5.41, 5.74) is 6.74. The van der Waals surface area contributed by atoms with Crippen LogP contribution >= 0.6 is 0 Å². The van der Waals surface area contributed by atoms with E-state index in [-0.39, 0.29) is 0 Å². The van der Waals surface area contributed by atoms with Crippen molar-refractivity contribution in [2.45, 2.75) is 83.7 Å². The summed E-state index contributed by atoms with van der Waals surface area (Å²) >= 11 is 0. The molecule has 0 bridgehead atoms. The summed E-state index contributed by atoms with van der Waals surface area (Å²) in [5, 5.41) is 0. The van der Waals surface area contributed by atoms with Gasteiger partial charge in [0.1, 0.15) is 0 Å². The van der Waals surface area contributed by atoms with Crippen molar-refractivity contribution in [2.24, 2.45) is 16.1 Å². The van der Waals surface area contributed by atoms with Crippen LogP contribution in [-0.2, 0) is 0 Å². The maximum absolute atomic E-state index is 6.22. The van der Waals surface area contributed by atoms with Crippen LogP contribution in [0.3, 0.4) is 0 Å². The van der Waals surface area contributed by atoms with Crippen LogP contribution in [0.1, 0.15) is 71.6 Å². The van der Waals surface area contributed by atoms with Crippen molar-refractivity contribution in [3.05, 3.63) is 0 Å². The number of nitrogens with zero attached hydrogens (tertiary/aromatic N) is 2. The number of nitrogens with two attached hydrogens (primary N) is 1. The van der Waals surface area contributed by atoms with Crippen molar-refractivity contribution < 1.29 is 0 Å².